The van der Waals surface area contributed by atoms with Crippen molar-refractivity contribution in [3.63, 3.8) is 0 Å². The number of aromatic nitrogens is 7. The fourth-order valence-corrected chi connectivity index (χ4v) is 15.4. The summed E-state index contributed by atoms with van der Waals surface area (Å²) >= 11 is 0. The lowest BCUT2D eigenvalue weighted by Crippen LogP contribution is -2.41. The van der Waals surface area contributed by atoms with E-state index in [9.17, 15) is 14.2 Å². The van der Waals surface area contributed by atoms with E-state index in [1.807, 2.05) is 47.7 Å². The number of aromatic amines is 1. The first kappa shape index (κ1) is 42.1. The Labute approximate surface area is 385 Å². The Kier molecular flexibility index (Phi) is 9.68. The molecule has 3 aromatic carbocycles. The summed E-state index contributed by atoms with van der Waals surface area (Å²) in [5.74, 6) is -0.0197. The summed E-state index contributed by atoms with van der Waals surface area (Å²) in [6.45, 7) is 7.13. The van der Waals surface area contributed by atoms with Crippen molar-refractivity contribution < 1.29 is 23.0 Å². The zero-order valence-corrected chi connectivity index (χ0v) is 38.9. The predicted octanol–water partition coefficient (Wildman–Crippen LogP) is 7.75. The molecule has 1 amide bonds. The Balaban J connectivity index is 0.975. The van der Waals surface area contributed by atoms with E-state index in [-0.39, 0.29) is 28.7 Å². The highest BCUT2D eigenvalue weighted by molar-refractivity contribution is 7.73. The quantitative estimate of drug-likeness (QED) is 0.123. The molecule has 1 saturated heterocycles. The Morgan fingerprint density at radius 3 is 2.28 bits per heavy atom. The van der Waals surface area contributed by atoms with Crippen LogP contribution in [-0.2, 0) is 21.3 Å². The van der Waals surface area contributed by atoms with Crippen molar-refractivity contribution in [3.8, 4) is 17.2 Å². The van der Waals surface area contributed by atoms with Crippen molar-refractivity contribution in [2.45, 2.75) is 107 Å². The van der Waals surface area contributed by atoms with Crippen molar-refractivity contribution in [1.29, 1.82) is 0 Å². The number of imidazole rings is 1. The fraction of sp³-hybridized carbons (Fsp3) is 0.420. The van der Waals surface area contributed by atoms with E-state index in [0.29, 0.717) is 90.3 Å². The number of halogens is 1. The molecule has 346 valence electrons. The number of nitrogens with zero attached hydrogens (tertiary/aromatic N) is 7. The van der Waals surface area contributed by atoms with Gasteiger partial charge in [0, 0.05) is 84.4 Å². The number of hydrogen-bond acceptors (Lipinski definition) is 9. The predicted molar refractivity (Wildman–Crippen MR) is 252 cm³/mol. The highest BCUT2D eigenvalue weighted by Crippen LogP contribution is 2.70. The minimum absolute atomic E-state index is 0.217. The molecule has 15 nitrogen and oxygen atoms in total. The number of ether oxygens (including phenoxy) is 1. The van der Waals surface area contributed by atoms with Gasteiger partial charge in [0.15, 0.2) is 5.82 Å². The van der Waals surface area contributed by atoms with Crippen LogP contribution in [0.25, 0.3) is 28.1 Å². The Bertz CT molecular complexity index is 3300. The molecule has 5 aliphatic rings. The summed E-state index contributed by atoms with van der Waals surface area (Å²) in [7, 11) is -0.779. The van der Waals surface area contributed by atoms with E-state index < -0.39 is 24.5 Å². The number of amides is 1. The summed E-state index contributed by atoms with van der Waals surface area (Å²) in [5, 5.41) is 14.4. The van der Waals surface area contributed by atoms with Crippen LogP contribution in [0.3, 0.4) is 0 Å². The molecule has 1 atom stereocenters. The van der Waals surface area contributed by atoms with Crippen LogP contribution in [0.15, 0.2) is 81.1 Å². The summed E-state index contributed by atoms with van der Waals surface area (Å²) in [4.78, 5) is 47.4. The zero-order valence-electron chi connectivity index (χ0n) is 38.1. The Hall–Kier alpha value is -6.25. The molecule has 0 bridgehead atoms. The molecular formula is C50H53FN9O6P. The number of anilines is 1. The van der Waals surface area contributed by atoms with Crippen LogP contribution in [0, 0.1) is 19.7 Å². The summed E-state index contributed by atoms with van der Waals surface area (Å²) < 4.78 is 47.4. The van der Waals surface area contributed by atoms with Crippen molar-refractivity contribution in [2.75, 3.05) is 32.1 Å². The molecule has 17 heteroatoms. The molecule has 7 aromatic rings. The van der Waals surface area contributed by atoms with Gasteiger partial charge in [-0.15, -0.1) is 0 Å². The third kappa shape index (κ3) is 6.60. The second kappa shape index (κ2) is 15.4. The van der Waals surface area contributed by atoms with Gasteiger partial charge in [-0.25, -0.2) is 18.7 Å². The largest absolute Gasteiger partial charge is 0.438 e. The first-order valence-electron chi connectivity index (χ1n) is 23.6. The van der Waals surface area contributed by atoms with Crippen LogP contribution >= 0.6 is 7.14 Å². The van der Waals surface area contributed by atoms with Crippen LogP contribution in [0.2, 0.25) is 0 Å². The van der Waals surface area contributed by atoms with Gasteiger partial charge in [-0.1, -0.05) is 11.2 Å². The number of aryl methyl sites for hydroxylation is 2. The van der Waals surface area contributed by atoms with Crippen LogP contribution in [0.5, 0.6) is 0 Å². The number of nitrogens with one attached hydrogen (secondary N) is 2. The molecule has 67 heavy (non-hydrogen) atoms. The highest BCUT2D eigenvalue weighted by Gasteiger charge is 2.54. The molecule has 4 aromatic heterocycles. The third-order valence-corrected chi connectivity index (χ3v) is 19.6. The molecule has 0 spiro atoms. The van der Waals surface area contributed by atoms with E-state index in [4.69, 9.17) is 14.4 Å². The van der Waals surface area contributed by atoms with Gasteiger partial charge in [-0.3, -0.25) is 23.4 Å². The number of H-pyrrole nitrogens is 1. The number of benzene rings is 3. The van der Waals surface area contributed by atoms with Crippen molar-refractivity contribution in [3.05, 3.63) is 133 Å². The number of carbonyl (C=O) groups excluding carboxylic acids is 1. The van der Waals surface area contributed by atoms with Crippen LogP contribution < -0.4 is 22.1 Å². The summed E-state index contributed by atoms with van der Waals surface area (Å²) in [6.07, 6.45) is 10.9. The highest BCUT2D eigenvalue weighted by atomic mass is 31.2. The average molecular weight is 926 g/mol. The van der Waals surface area contributed by atoms with Crippen molar-refractivity contribution in [2.24, 2.45) is 0 Å². The molecule has 2 N–H and O–H groups in total. The maximum absolute atomic E-state index is 15.5. The van der Waals surface area contributed by atoms with Crippen molar-refractivity contribution >= 4 is 34.9 Å². The van der Waals surface area contributed by atoms with Crippen molar-refractivity contribution in [1.82, 2.24) is 38.5 Å². The smallest absolute Gasteiger partial charge is 0.387 e. The first-order valence-corrected chi connectivity index (χ1v) is 25.5. The summed E-state index contributed by atoms with van der Waals surface area (Å²) in [6, 6.07) is 17.0. The minimum atomic E-state index is -2.61. The van der Waals surface area contributed by atoms with Gasteiger partial charge in [0.25, 0.3) is 5.91 Å². The van der Waals surface area contributed by atoms with Crippen LogP contribution in [0.1, 0.15) is 115 Å². The monoisotopic (exact) mass is 925 g/mol. The molecule has 3 saturated carbocycles. The molecule has 12 rings (SSSR count). The second-order valence-electron chi connectivity index (χ2n) is 19.4. The Morgan fingerprint density at radius 1 is 0.910 bits per heavy atom. The maximum atomic E-state index is 15.5. The van der Waals surface area contributed by atoms with E-state index >= 15 is 9.18 Å². The lowest BCUT2D eigenvalue weighted by Gasteiger charge is -2.34. The molecule has 0 radical (unpaired) electrons. The van der Waals surface area contributed by atoms with E-state index in [0.717, 1.165) is 66.1 Å². The van der Waals surface area contributed by atoms with E-state index in [1.54, 1.807) is 52.2 Å². The van der Waals surface area contributed by atoms with Gasteiger partial charge >= 0.3 is 11.4 Å². The number of fused-ring (bicyclic) bond motifs is 2. The van der Waals surface area contributed by atoms with Crippen LogP contribution in [0.4, 0.5) is 10.1 Å². The molecule has 4 fully saturated rings. The van der Waals surface area contributed by atoms with Gasteiger partial charge in [-0.05, 0) is 143 Å². The SMILES string of the molecule is CNc1cc(-n2ccn(-c3c4c(nn3-c3cc(C)c(F)c(C)c3)CCN(C(=O)c3cc5cc(C6CCOCC6)ccc5n3C3(c5noc(=O)[nH]5)CC3)C4C)c2=O)ccc1P(=O)(C1CC1)C1CC1. The van der Waals surface area contributed by atoms with Gasteiger partial charge in [0.05, 0.1) is 23.1 Å². The first-order chi connectivity index (χ1) is 32.4. The Morgan fingerprint density at radius 2 is 1.63 bits per heavy atom. The topological polar surface area (TPSA) is 167 Å². The lowest BCUT2D eigenvalue weighted by molar-refractivity contribution is 0.0664. The third-order valence-electron chi connectivity index (χ3n) is 15.2. The molecule has 6 heterocycles. The van der Waals surface area contributed by atoms with Gasteiger partial charge in [-0.2, -0.15) is 5.10 Å². The standard InChI is InChI=1S/C50H53FN9O6P/c1-28-23-35(24-29(2)44(28)51)60-45(58-20-19-57(49(58)63)34-6-12-42(39(27-34)52-4)67(64,36-7-8-36)37-9-10-37)43-30(3)56(18-13-38(43)54-60)46(61)41-26-33-25-32(31-14-21-65-22-15-31)5-11-40(33)59(41)50(16-17-50)47-53-48(62)66-55-47/h5-6,11-12,19-20,23-27,30-31,36-37,52H,7-10,13-18,21-22H2,1-4H3,(H,53,55,62). The second-order valence-corrected chi connectivity index (χ2v) is 22.8. The molecular weight excluding hydrogens is 873 g/mol. The van der Waals surface area contributed by atoms with E-state index in [2.05, 4.69) is 33.7 Å². The van der Waals surface area contributed by atoms with Gasteiger partial charge < -0.3 is 24.1 Å². The average Bonchev–Trinajstić information content (AvgIpc) is 4.31. The van der Waals surface area contributed by atoms with E-state index in [1.165, 1.54) is 5.56 Å². The maximum Gasteiger partial charge on any atom is 0.438 e. The molecule has 1 unspecified atom stereocenters. The van der Waals surface area contributed by atoms with Gasteiger partial charge in [0.1, 0.15) is 30.0 Å². The number of hydrogen-bond donors (Lipinski definition) is 2. The zero-order chi connectivity index (χ0) is 46.1. The fourth-order valence-electron chi connectivity index (χ4n) is 11.3. The summed E-state index contributed by atoms with van der Waals surface area (Å²) in [5.41, 5.74) is 6.07. The number of rotatable bonds is 11. The number of carbonyl (C=O) groups is 1. The minimum Gasteiger partial charge on any atom is -0.387 e. The molecule has 2 aliphatic heterocycles. The van der Waals surface area contributed by atoms with Crippen LogP contribution in [-0.4, -0.2) is 82.6 Å². The van der Waals surface area contributed by atoms with Gasteiger partial charge in [0.2, 0.25) is 0 Å². The lowest BCUT2D eigenvalue weighted by atomic mass is 9.91. The normalized spacial score (nSPS) is 19.5. The molecule has 3 aliphatic carbocycles.